The summed E-state index contributed by atoms with van der Waals surface area (Å²) >= 11 is 1.16. The molecule has 0 aliphatic carbocycles. The SMILES string of the molecule is Cc1c(C(=O)NCc2ccc(OC(F)F)cc2)sc2ncn(C)c(=O)c12. The average Bonchev–Trinajstić information content (AvgIpc) is 2.94. The fourth-order valence-corrected chi connectivity index (χ4v) is 3.53. The molecular weight excluding hydrogens is 364 g/mol. The molecule has 1 N–H and O–H groups in total. The molecule has 0 fully saturated rings. The molecule has 2 aromatic heterocycles. The van der Waals surface area contributed by atoms with Gasteiger partial charge in [-0.2, -0.15) is 8.78 Å². The van der Waals surface area contributed by atoms with Crippen LogP contribution in [-0.4, -0.2) is 22.1 Å². The highest BCUT2D eigenvalue weighted by atomic mass is 32.1. The van der Waals surface area contributed by atoms with Crippen LogP contribution in [0.3, 0.4) is 0 Å². The predicted octanol–water partition coefficient (Wildman–Crippen LogP) is 2.83. The number of benzene rings is 1. The van der Waals surface area contributed by atoms with Crippen molar-refractivity contribution < 1.29 is 18.3 Å². The molecule has 136 valence electrons. The summed E-state index contributed by atoms with van der Waals surface area (Å²) in [5.41, 5.74) is 1.13. The van der Waals surface area contributed by atoms with Crippen LogP contribution in [0, 0.1) is 6.92 Å². The Morgan fingerprint density at radius 3 is 2.69 bits per heavy atom. The molecule has 6 nitrogen and oxygen atoms in total. The molecule has 9 heteroatoms. The lowest BCUT2D eigenvalue weighted by Gasteiger charge is -2.07. The minimum Gasteiger partial charge on any atom is -0.435 e. The number of nitrogens with zero attached hydrogens (tertiary/aromatic N) is 2. The van der Waals surface area contributed by atoms with E-state index >= 15 is 0 Å². The second kappa shape index (κ2) is 7.20. The van der Waals surface area contributed by atoms with Crippen LogP contribution in [0.4, 0.5) is 8.78 Å². The number of rotatable bonds is 5. The summed E-state index contributed by atoms with van der Waals surface area (Å²) in [6.45, 7) is -0.946. The number of carbonyl (C=O) groups excluding carboxylic acids is 1. The second-order valence-corrected chi connectivity index (χ2v) is 6.60. The van der Waals surface area contributed by atoms with E-state index in [9.17, 15) is 18.4 Å². The molecule has 0 aliphatic rings. The maximum absolute atomic E-state index is 12.5. The molecule has 0 unspecified atom stereocenters. The van der Waals surface area contributed by atoms with Gasteiger partial charge in [0.15, 0.2) is 0 Å². The molecule has 0 aliphatic heterocycles. The monoisotopic (exact) mass is 379 g/mol. The highest BCUT2D eigenvalue weighted by Gasteiger charge is 2.18. The summed E-state index contributed by atoms with van der Waals surface area (Å²) in [6, 6.07) is 6.00. The van der Waals surface area contributed by atoms with E-state index in [2.05, 4.69) is 15.0 Å². The smallest absolute Gasteiger partial charge is 0.387 e. The first-order chi connectivity index (χ1) is 12.4. The van der Waals surface area contributed by atoms with Crippen LogP contribution >= 0.6 is 11.3 Å². The molecule has 0 saturated carbocycles. The largest absolute Gasteiger partial charge is 0.435 e. The molecule has 3 rings (SSSR count). The highest BCUT2D eigenvalue weighted by Crippen LogP contribution is 2.26. The fraction of sp³-hybridized carbons (Fsp3) is 0.235. The molecule has 26 heavy (non-hydrogen) atoms. The number of fused-ring (bicyclic) bond motifs is 1. The van der Waals surface area contributed by atoms with Gasteiger partial charge in [0.2, 0.25) is 0 Å². The van der Waals surface area contributed by atoms with Gasteiger partial charge in [0.05, 0.1) is 16.6 Å². The first-order valence-corrected chi connectivity index (χ1v) is 8.45. The van der Waals surface area contributed by atoms with Crippen LogP contribution in [-0.2, 0) is 13.6 Å². The third-order valence-corrected chi connectivity index (χ3v) is 5.02. The minimum absolute atomic E-state index is 0.0531. The van der Waals surface area contributed by atoms with Crippen LogP contribution in [0.25, 0.3) is 10.2 Å². The third kappa shape index (κ3) is 3.57. The molecule has 1 amide bonds. The summed E-state index contributed by atoms with van der Waals surface area (Å²) in [4.78, 5) is 29.8. The Hall–Kier alpha value is -2.81. The molecule has 0 atom stereocenters. The lowest BCUT2D eigenvalue weighted by Crippen LogP contribution is -2.22. The predicted molar refractivity (Wildman–Crippen MR) is 93.8 cm³/mol. The zero-order chi connectivity index (χ0) is 18.8. The Balaban J connectivity index is 1.74. The third-order valence-electron chi connectivity index (χ3n) is 3.82. The Morgan fingerprint density at radius 1 is 1.35 bits per heavy atom. The summed E-state index contributed by atoms with van der Waals surface area (Å²) in [5.74, 6) is -0.266. The minimum atomic E-state index is -2.88. The Labute approximate surface area is 151 Å². The van der Waals surface area contributed by atoms with Crippen molar-refractivity contribution in [2.75, 3.05) is 0 Å². The van der Waals surface area contributed by atoms with Crippen LogP contribution in [0.5, 0.6) is 5.75 Å². The van der Waals surface area contributed by atoms with Gasteiger partial charge in [-0.25, -0.2) is 4.98 Å². The fourth-order valence-electron chi connectivity index (χ4n) is 2.48. The summed E-state index contributed by atoms with van der Waals surface area (Å²) in [6.07, 6.45) is 1.42. The average molecular weight is 379 g/mol. The first kappa shape index (κ1) is 18.0. The van der Waals surface area contributed by atoms with Crippen LogP contribution in [0.2, 0.25) is 0 Å². The number of aryl methyl sites for hydroxylation is 2. The molecule has 3 aromatic rings. The number of halogens is 2. The van der Waals surface area contributed by atoms with Crippen molar-refractivity contribution in [3.8, 4) is 5.75 Å². The maximum Gasteiger partial charge on any atom is 0.387 e. The number of nitrogens with one attached hydrogen (secondary N) is 1. The first-order valence-electron chi connectivity index (χ1n) is 7.63. The molecule has 2 heterocycles. The maximum atomic E-state index is 12.5. The molecule has 1 aromatic carbocycles. The zero-order valence-electron chi connectivity index (χ0n) is 14.0. The zero-order valence-corrected chi connectivity index (χ0v) is 14.8. The van der Waals surface area contributed by atoms with E-state index in [1.807, 2.05) is 0 Å². The number of ether oxygens (including phenoxy) is 1. The standard InChI is InChI=1S/C17H15F2N3O3S/c1-9-12-15(21-8-22(2)16(12)24)26-13(9)14(23)20-7-10-3-5-11(6-4-10)25-17(18)19/h3-6,8,17H,7H2,1-2H3,(H,20,23). The van der Waals surface area contributed by atoms with E-state index in [1.165, 1.54) is 23.0 Å². The Kier molecular flexibility index (Phi) is 4.99. The molecule has 0 spiro atoms. The van der Waals surface area contributed by atoms with Gasteiger partial charge >= 0.3 is 6.61 Å². The van der Waals surface area contributed by atoms with Crippen LogP contribution < -0.4 is 15.6 Å². The summed E-state index contributed by atoms with van der Waals surface area (Å²) in [7, 11) is 1.60. The number of amides is 1. The van der Waals surface area contributed by atoms with Gasteiger partial charge in [-0.3, -0.25) is 9.59 Å². The number of aromatic nitrogens is 2. The van der Waals surface area contributed by atoms with Gasteiger partial charge in [-0.05, 0) is 30.2 Å². The van der Waals surface area contributed by atoms with Crippen LogP contribution in [0.15, 0.2) is 35.4 Å². The van der Waals surface area contributed by atoms with Gasteiger partial charge in [-0.15, -0.1) is 11.3 Å². The van der Waals surface area contributed by atoms with E-state index in [-0.39, 0.29) is 23.8 Å². The lowest BCUT2D eigenvalue weighted by molar-refractivity contribution is -0.0498. The van der Waals surface area contributed by atoms with Crippen molar-refractivity contribution in [1.29, 1.82) is 0 Å². The normalized spacial score (nSPS) is 11.1. The van der Waals surface area contributed by atoms with E-state index in [1.54, 1.807) is 26.1 Å². The van der Waals surface area contributed by atoms with Crippen molar-refractivity contribution >= 4 is 27.5 Å². The van der Waals surface area contributed by atoms with Crippen molar-refractivity contribution in [2.45, 2.75) is 20.1 Å². The number of alkyl halides is 2. The topological polar surface area (TPSA) is 73.2 Å². The lowest BCUT2D eigenvalue weighted by atomic mass is 10.2. The molecule has 0 bridgehead atoms. The van der Waals surface area contributed by atoms with Gasteiger partial charge in [0, 0.05) is 13.6 Å². The van der Waals surface area contributed by atoms with Gasteiger partial charge < -0.3 is 14.6 Å². The van der Waals surface area contributed by atoms with Gasteiger partial charge in [0.1, 0.15) is 10.6 Å². The summed E-state index contributed by atoms with van der Waals surface area (Å²) < 4.78 is 29.9. The Morgan fingerprint density at radius 2 is 2.04 bits per heavy atom. The Bertz CT molecular complexity index is 1010. The van der Waals surface area contributed by atoms with Crippen molar-refractivity contribution in [3.05, 3.63) is 57.0 Å². The summed E-state index contributed by atoms with van der Waals surface area (Å²) in [5, 5.41) is 3.20. The van der Waals surface area contributed by atoms with E-state index in [0.29, 0.717) is 20.7 Å². The van der Waals surface area contributed by atoms with E-state index in [4.69, 9.17) is 0 Å². The van der Waals surface area contributed by atoms with E-state index < -0.39 is 6.61 Å². The number of carbonyl (C=O) groups is 1. The van der Waals surface area contributed by atoms with Crippen molar-refractivity contribution in [2.24, 2.45) is 7.05 Å². The van der Waals surface area contributed by atoms with Crippen LogP contribution in [0.1, 0.15) is 20.8 Å². The molecule has 0 radical (unpaired) electrons. The van der Waals surface area contributed by atoms with Crippen molar-refractivity contribution in [3.63, 3.8) is 0 Å². The number of thiophene rings is 1. The quantitative estimate of drug-likeness (QED) is 0.740. The van der Waals surface area contributed by atoms with E-state index in [0.717, 1.165) is 16.9 Å². The van der Waals surface area contributed by atoms with Crippen molar-refractivity contribution in [1.82, 2.24) is 14.9 Å². The number of hydrogen-bond acceptors (Lipinski definition) is 5. The molecule has 0 saturated heterocycles. The van der Waals surface area contributed by atoms with Gasteiger partial charge in [0.25, 0.3) is 11.5 Å². The highest BCUT2D eigenvalue weighted by molar-refractivity contribution is 7.20. The second-order valence-electron chi connectivity index (χ2n) is 5.60. The van der Waals surface area contributed by atoms with Gasteiger partial charge in [-0.1, -0.05) is 12.1 Å². The number of hydrogen-bond donors (Lipinski definition) is 1. The molecular formula is C17H15F2N3O3S.